The number of aliphatic hydroxyl groups is 1. The summed E-state index contributed by atoms with van der Waals surface area (Å²) in [6.07, 6.45) is 6.45. The van der Waals surface area contributed by atoms with Crippen LogP contribution in [0.4, 0.5) is 0 Å². The molecular weight excluding hydrogens is 100 g/mol. The average molecular weight is 112 g/mol. The van der Waals surface area contributed by atoms with Gasteiger partial charge in [0.2, 0.25) is 0 Å². The predicted octanol–water partition coefficient (Wildman–Crippen LogP) is 2.27. The molecular formula is C7H12O. The summed E-state index contributed by atoms with van der Waals surface area (Å²) in [4.78, 5) is 0. The van der Waals surface area contributed by atoms with Crippen LogP contribution in [0.25, 0.3) is 0 Å². The zero-order chi connectivity index (χ0) is 6.41. The van der Waals surface area contributed by atoms with Gasteiger partial charge in [-0.3, -0.25) is 0 Å². The molecule has 46 valence electrons. The first-order valence-corrected chi connectivity index (χ1v) is 2.75. The van der Waals surface area contributed by atoms with Crippen molar-refractivity contribution in [1.29, 1.82) is 0 Å². The number of aliphatic hydroxyl groups excluding tert-OH is 1. The molecule has 0 rings (SSSR count). The van der Waals surface area contributed by atoms with E-state index in [1.165, 1.54) is 0 Å². The van der Waals surface area contributed by atoms with Crippen LogP contribution in [0, 0.1) is 5.92 Å². The lowest BCUT2D eigenvalue weighted by molar-refractivity contribution is 0.473. The Morgan fingerprint density at radius 2 is 1.88 bits per heavy atom. The first-order valence-electron chi connectivity index (χ1n) is 2.75. The van der Waals surface area contributed by atoms with Gasteiger partial charge in [-0.25, -0.2) is 0 Å². The Hall–Kier alpha value is -0.720. The first kappa shape index (κ1) is 7.28. The van der Waals surface area contributed by atoms with E-state index >= 15 is 0 Å². The molecule has 0 bridgehead atoms. The average Bonchev–Trinajstić information content (AvgIpc) is 1.66. The highest BCUT2D eigenvalue weighted by Gasteiger charge is 1.78. The fourth-order valence-electron chi connectivity index (χ4n) is 0.336. The highest BCUT2D eigenvalue weighted by molar-refractivity contribution is 5.00. The summed E-state index contributed by atoms with van der Waals surface area (Å²) in [5.41, 5.74) is 0. The van der Waals surface area contributed by atoms with Crippen molar-refractivity contribution in [2.75, 3.05) is 0 Å². The van der Waals surface area contributed by atoms with Gasteiger partial charge in [0.25, 0.3) is 0 Å². The third kappa shape index (κ3) is 5.28. The summed E-state index contributed by atoms with van der Waals surface area (Å²) < 4.78 is 0. The van der Waals surface area contributed by atoms with Crippen molar-refractivity contribution in [2.45, 2.75) is 13.8 Å². The third-order valence-corrected chi connectivity index (χ3v) is 0.693. The molecule has 0 radical (unpaired) electrons. The van der Waals surface area contributed by atoms with Crippen molar-refractivity contribution in [1.82, 2.24) is 0 Å². The fraction of sp³-hybridized carbons (Fsp3) is 0.429. The summed E-state index contributed by atoms with van der Waals surface area (Å²) in [5, 5.41) is 8.15. The summed E-state index contributed by atoms with van der Waals surface area (Å²) >= 11 is 0. The largest absolute Gasteiger partial charge is 0.516 e. The Labute approximate surface area is 50.3 Å². The molecule has 0 heterocycles. The lowest BCUT2D eigenvalue weighted by Gasteiger charge is -1.87. The normalized spacial score (nSPS) is 12.4. The van der Waals surface area contributed by atoms with Crippen molar-refractivity contribution < 1.29 is 5.11 Å². The van der Waals surface area contributed by atoms with Gasteiger partial charge in [0, 0.05) is 0 Å². The summed E-state index contributed by atoms with van der Waals surface area (Å²) in [5.74, 6) is 0.561. The summed E-state index contributed by atoms with van der Waals surface area (Å²) in [7, 11) is 0. The van der Waals surface area contributed by atoms with E-state index in [9.17, 15) is 0 Å². The monoisotopic (exact) mass is 112 g/mol. The van der Waals surface area contributed by atoms with Gasteiger partial charge in [0.05, 0.1) is 6.26 Å². The highest BCUT2D eigenvalue weighted by Crippen LogP contribution is 1.92. The van der Waals surface area contributed by atoms with E-state index in [0.717, 1.165) is 6.26 Å². The number of rotatable bonds is 2. The lowest BCUT2D eigenvalue weighted by Crippen LogP contribution is -1.74. The zero-order valence-corrected chi connectivity index (χ0v) is 5.33. The van der Waals surface area contributed by atoms with Gasteiger partial charge in [-0.1, -0.05) is 26.0 Å². The van der Waals surface area contributed by atoms with Gasteiger partial charge >= 0.3 is 0 Å². The van der Waals surface area contributed by atoms with E-state index in [1.54, 1.807) is 6.08 Å². The van der Waals surface area contributed by atoms with Crippen LogP contribution in [0.1, 0.15) is 13.8 Å². The first-order chi connectivity index (χ1) is 3.77. The van der Waals surface area contributed by atoms with E-state index in [0.29, 0.717) is 5.92 Å². The molecule has 0 aliphatic rings. The maximum atomic E-state index is 8.15. The molecule has 0 aromatic heterocycles. The van der Waals surface area contributed by atoms with Crippen molar-refractivity contribution in [3.8, 4) is 0 Å². The standard InChI is InChI=1S/C7H12O/c1-7(2)5-3-4-6-8/h3-8H,1-2H3/b5-3-,6-4-. The van der Waals surface area contributed by atoms with Crippen LogP contribution < -0.4 is 0 Å². The second-order valence-corrected chi connectivity index (χ2v) is 1.97. The van der Waals surface area contributed by atoms with E-state index in [4.69, 9.17) is 5.11 Å². The Morgan fingerprint density at radius 3 is 2.25 bits per heavy atom. The van der Waals surface area contributed by atoms with E-state index in [1.807, 2.05) is 12.2 Å². The van der Waals surface area contributed by atoms with E-state index < -0.39 is 0 Å². The quantitative estimate of drug-likeness (QED) is 0.429. The smallest absolute Gasteiger partial charge is 0.0791 e. The topological polar surface area (TPSA) is 20.2 Å². The maximum absolute atomic E-state index is 8.15. The van der Waals surface area contributed by atoms with Gasteiger partial charge in [-0.2, -0.15) is 0 Å². The van der Waals surface area contributed by atoms with Crippen LogP contribution in [-0.4, -0.2) is 5.11 Å². The van der Waals surface area contributed by atoms with Crippen LogP contribution >= 0.6 is 0 Å². The minimum Gasteiger partial charge on any atom is -0.516 e. The van der Waals surface area contributed by atoms with E-state index in [-0.39, 0.29) is 0 Å². The number of hydrogen-bond donors (Lipinski definition) is 1. The van der Waals surface area contributed by atoms with Crippen molar-refractivity contribution in [3.63, 3.8) is 0 Å². The van der Waals surface area contributed by atoms with Crippen molar-refractivity contribution in [2.24, 2.45) is 5.92 Å². The van der Waals surface area contributed by atoms with Crippen molar-refractivity contribution in [3.05, 3.63) is 24.5 Å². The molecule has 0 aliphatic carbocycles. The SMILES string of the molecule is CC(C)/C=C\C=C/O. The molecule has 0 atom stereocenters. The minimum absolute atomic E-state index is 0.561. The molecule has 1 nitrogen and oxygen atoms in total. The second kappa shape index (κ2) is 4.44. The number of allylic oxidation sites excluding steroid dienone is 3. The molecule has 0 unspecified atom stereocenters. The number of hydrogen-bond acceptors (Lipinski definition) is 1. The molecule has 0 amide bonds. The van der Waals surface area contributed by atoms with Crippen LogP contribution in [0.5, 0.6) is 0 Å². The molecule has 0 saturated heterocycles. The van der Waals surface area contributed by atoms with Gasteiger partial charge in [0.15, 0.2) is 0 Å². The Bertz CT molecular complexity index is 90.6. The Kier molecular flexibility index (Phi) is 4.04. The van der Waals surface area contributed by atoms with Crippen LogP contribution in [0.15, 0.2) is 24.5 Å². The zero-order valence-electron chi connectivity index (χ0n) is 5.33. The van der Waals surface area contributed by atoms with Gasteiger partial charge < -0.3 is 5.11 Å². The molecule has 0 fully saturated rings. The Balaban J connectivity index is 3.34. The molecule has 0 aromatic carbocycles. The van der Waals surface area contributed by atoms with E-state index in [2.05, 4.69) is 13.8 Å². The molecule has 0 saturated carbocycles. The molecule has 8 heavy (non-hydrogen) atoms. The van der Waals surface area contributed by atoms with Gasteiger partial charge in [-0.15, -0.1) is 0 Å². The van der Waals surface area contributed by atoms with Crippen molar-refractivity contribution >= 4 is 0 Å². The molecule has 1 heteroatoms. The third-order valence-electron chi connectivity index (χ3n) is 0.693. The fourth-order valence-corrected chi connectivity index (χ4v) is 0.336. The van der Waals surface area contributed by atoms with Crippen LogP contribution in [0.3, 0.4) is 0 Å². The van der Waals surface area contributed by atoms with Crippen LogP contribution in [-0.2, 0) is 0 Å². The minimum atomic E-state index is 0.561. The second-order valence-electron chi connectivity index (χ2n) is 1.97. The Morgan fingerprint density at radius 1 is 1.25 bits per heavy atom. The molecule has 1 N–H and O–H groups in total. The van der Waals surface area contributed by atoms with Crippen LogP contribution in [0.2, 0.25) is 0 Å². The molecule has 0 spiro atoms. The highest BCUT2D eigenvalue weighted by atomic mass is 16.2. The van der Waals surface area contributed by atoms with Gasteiger partial charge in [0.1, 0.15) is 0 Å². The molecule has 0 aromatic rings. The maximum Gasteiger partial charge on any atom is 0.0791 e. The lowest BCUT2D eigenvalue weighted by atomic mass is 10.2. The molecule has 0 aliphatic heterocycles. The van der Waals surface area contributed by atoms with Gasteiger partial charge in [-0.05, 0) is 12.0 Å². The predicted molar refractivity (Wildman–Crippen MR) is 35.7 cm³/mol. The summed E-state index contributed by atoms with van der Waals surface area (Å²) in [6, 6.07) is 0. The summed E-state index contributed by atoms with van der Waals surface area (Å²) in [6.45, 7) is 4.17.